The van der Waals surface area contributed by atoms with E-state index in [9.17, 15) is 31.7 Å². The van der Waals surface area contributed by atoms with Crippen LogP contribution < -0.4 is 0 Å². The molecule has 2 unspecified atom stereocenters. The molecule has 0 aliphatic rings. The highest BCUT2D eigenvalue weighted by molar-refractivity contribution is 7.33. The summed E-state index contributed by atoms with van der Waals surface area (Å²) in [4.78, 5) is 21.3. The zero-order valence-electron chi connectivity index (χ0n) is 9.31. The standard InChI is InChI=1S/C8H10F4O5P/c1-3(5(13)7(9)10)16-18(15)17-4(2)6(14)8(11)12/h3-4,7-8H,1-2H3/q+1. The van der Waals surface area contributed by atoms with E-state index < -0.39 is 44.9 Å². The minimum Gasteiger partial charge on any atom is -0.290 e. The van der Waals surface area contributed by atoms with Crippen molar-refractivity contribution in [1.29, 1.82) is 0 Å². The summed E-state index contributed by atoms with van der Waals surface area (Å²) < 4.78 is 67.1. The fourth-order valence-electron chi connectivity index (χ4n) is 0.742. The summed E-state index contributed by atoms with van der Waals surface area (Å²) >= 11 is 0. The van der Waals surface area contributed by atoms with E-state index in [0.29, 0.717) is 0 Å². The van der Waals surface area contributed by atoms with Crippen molar-refractivity contribution in [3.8, 4) is 0 Å². The number of hydrogen-bond acceptors (Lipinski definition) is 5. The van der Waals surface area contributed by atoms with Crippen LogP contribution in [-0.4, -0.2) is 36.6 Å². The van der Waals surface area contributed by atoms with E-state index in [1.54, 1.807) is 0 Å². The van der Waals surface area contributed by atoms with Crippen molar-refractivity contribution in [2.24, 2.45) is 0 Å². The number of hydrogen-bond donors (Lipinski definition) is 0. The van der Waals surface area contributed by atoms with Gasteiger partial charge in [-0.25, -0.2) is 17.6 Å². The minimum absolute atomic E-state index is 0.894. The molecule has 0 spiro atoms. The molecule has 0 saturated heterocycles. The summed E-state index contributed by atoms with van der Waals surface area (Å²) in [6, 6.07) is 0. The van der Waals surface area contributed by atoms with Crippen LogP contribution in [-0.2, 0) is 23.2 Å². The SMILES string of the molecule is CC(O[P+](=O)OC(C)C(=O)C(F)F)C(=O)C(F)F. The third kappa shape index (κ3) is 5.61. The van der Waals surface area contributed by atoms with E-state index >= 15 is 0 Å². The summed E-state index contributed by atoms with van der Waals surface area (Å²) in [6.07, 6.45) is -10.1. The highest BCUT2D eigenvalue weighted by atomic mass is 31.1. The Morgan fingerprint density at radius 1 is 0.889 bits per heavy atom. The van der Waals surface area contributed by atoms with E-state index in [2.05, 4.69) is 9.05 Å². The van der Waals surface area contributed by atoms with Gasteiger partial charge < -0.3 is 0 Å². The Bertz CT molecular complexity index is 305. The maximum Gasteiger partial charge on any atom is 0.698 e. The quantitative estimate of drug-likeness (QED) is 0.506. The molecule has 0 aliphatic carbocycles. The topological polar surface area (TPSA) is 69.7 Å². The van der Waals surface area contributed by atoms with Gasteiger partial charge in [0.2, 0.25) is 11.6 Å². The lowest BCUT2D eigenvalue weighted by Crippen LogP contribution is -2.27. The van der Waals surface area contributed by atoms with E-state index in [4.69, 9.17) is 0 Å². The molecule has 10 heteroatoms. The molecule has 0 amide bonds. The lowest BCUT2D eigenvalue weighted by atomic mass is 10.3. The minimum atomic E-state index is -3.32. The van der Waals surface area contributed by atoms with E-state index in [1.165, 1.54) is 0 Å². The molecule has 0 saturated carbocycles. The van der Waals surface area contributed by atoms with Gasteiger partial charge in [-0.1, -0.05) is 0 Å². The Morgan fingerprint density at radius 2 is 1.17 bits per heavy atom. The predicted octanol–water partition coefficient (Wildman–Crippen LogP) is 2.12. The zero-order chi connectivity index (χ0) is 14.5. The van der Waals surface area contributed by atoms with Crippen LogP contribution in [0.15, 0.2) is 0 Å². The molecule has 5 nitrogen and oxygen atoms in total. The van der Waals surface area contributed by atoms with Gasteiger partial charge in [0, 0.05) is 4.57 Å². The smallest absolute Gasteiger partial charge is 0.290 e. The molecular formula is C8H10F4O5P+. The van der Waals surface area contributed by atoms with E-state index in [-0.39, 0.29) is 0 Å². The van der Waals surface area contributed by atoms with Crippen molar-refractivity contribution in [2.45, 2.75) is 38.9 Å². The average molecular weight is 293 g/mol. The Hall–Kier alpha value is -0.920. The first-order chi connectivity index (χ1) is 8.16. The first-order valence-electron chi connectivity index (χ1n) is 4.61. The van der Waals surface area contributed by atoms with E-state index in [0.717, 1.165) is 13.8 Å². The molecule has 18 heavy (non-hydrogen) atoms. The first kappa shape index (κ1) is 17.1. The molecule has 0 radical (unpaired) electrons. The largest absolute Gasteiger partial charge is 0.698 e. The van der Waals surface area contributed by atoms with Crippen LogP contribution in [0.3, 0.4) is 0 Å². The summed E-state index contributed by atoms with van der Waals surface area (Å²) in [5.74, 6) is -3.26. The molecule has 0 aromatic rings. The number of rotatable bonds is 8. The second kappa shape index (κ2) is 7.50. The van der Waals surface area contributed by atoms with Gasteiger partial charge in [0.15, 0.2) is 12.2 Å². The Morgan fingerprint density at radius 3 is 1.39 bits per heavy atom. The Balaban J connectivity index is 4.28. The lowest BCUT2D eigenvalue weighted by molar-refractivity contribution is -0.137. The van der Waals surface area contributed by atoms with Gasteiger partial charge in [-0.3, -0.25) is 9.59 Å². The summed E-state index contributed by atoms with van der Waals surface area (Å²) in [7, 11) is -3.13. The van der Waals surface area contributed by atoms with Gasteiger partial charge in [0.25, 0.3) is 12.9 Å². The molecule has 0 aromatic carbocycles. The molecule has 104 valence electrons. The van der Waals surface area contributed by atoms with Crippen molar-refractivity contribution >= 4 is 19.8 Å². The molecule has 0 bridgehead atoms. The van der Waals surface area contributed by atoms with Crippen LogP contribution >= 0.6 is 8.25 Å². The Labute approximate surface area is 100 Å². The maximum atomic E-state index is 11.9. The number of alkyl halides is 4. The van der Waals surface area contributed by atoms with Crippen LogP contribution in [0.25, 0.3) is 0 Å². The summed E-state index contributed by atoms with van der Waals surface area (Å²) in [6.45, 7) is 1.79. The molecule has 0 heterocycles. The number of ketones is 2. The van der Waals surface area contributed by atoms with Gasteiger partial charge in [0.1, 0.15) is 0 Å². The normalized spacial score (nSPS) is 15.7. The molecule has 0 fully saturated rings. The molecule has 0 rings (SSSR count). The first-order valence-corrected chi connectivity index (χ1v) is 5.71. The molecule has 0 aromatic heterocycles. The summed E-state index contributed by atoms with van der Waals surface area (Å²) in [5.41, 5.74) is 0. The molecule has 0 aliphatic heterocycles. The highest BCUT2D eigenvalue weighted by Gasteiger charge is 2.38. The monoisotopic (exact) mass is 293 g/mol. The fraction of sp³-hybridized carbons (Fsp3) is 0.750. The van der Waals surface area contributed by atoms with Crippen molar-refractivity contribution in [1.82, 2.24) is 0 Å². The summed E-state index contributed by atoms with van der Waals surface area (Å²) in [5, 5.41) is 0. The predicted molar refractivity (Wildman–Crippen MR) is 50.7 cm³/mol. The zero-order valence-corrected chi connectivity index (χ0v) is 10.2. The molecular weight excluding hydrogens is 283 g/mol. The van der Waals surface area contributed by atoms with Crippen molar-refractivity contribution in [3.05, 3.63) is 0 Å². The lowest BCUT2D eigenvalue weighted by Gasteiger charge is -2.04. The third-order valence-electron chi connectivity index (χ3n) is 1.72. The Kier molecular flexibility index (Phi) is 7.12. The number of halogens is 4. The van der Waals surface area contributed by atoms with Crippen LogP contribution in [0.1, 0.15) is 13.8 Å². The van der Waals surface area contributed by atoms with Gasteiger partial charge in [-0.15, -0.1) is 9.05 Å². The van der Waals surface area contributed by atoms with Crippen molar-refractivity contribution < 1.29 is 40.8 Å². The van der Waals surface area contributed by atoms with Crippen LogP contribution in [0.4, 0.5) is 17.6 Å². The highest BCUT2D eigenvalue weighted by Crippen LogP contribution is 2.29. The van der Waals surface area contributed by atoms with Crippen LogP contribution in [0, 0.1) is 0 Å². The van der Waals surface area contributed by atoms with Gasteiger partial charge >= 0.3 is 8.25 Å². The number of Topliss-reactive ketones (excluding diaryl/α,β-unsaturated/α-hetero) is 2. The number of carbonyl (C=O) groups excluding carboxylic acids is 2. The van der Waals surface area contributed by atoms with E-state index in [1.807, 2.05) is 0 Å². The van der Waals surface area contributed by atoms with Gasteiger partial charge in [0.05, 0.1) is 0 Å². The fourth-order valence-corrected chi connectivity index (χ4v) is 1.52. The second-order valence-electron chi connectivity index (χ2n) is 3.13. The molecule has 0 N–H and O–H groups in total. The maximum absolute atomic E-state index is 11.9. The number of carbonyl (C=O) groups is 2. The van der Waals surface area contributed by atoms with Crippen LogP contribution in [0.5, 0.6) is 0 Å². The van der Waals surface area contributed by atoms with Crippen molar-refractivity contribution in [2.75, 3.05) is 0 Å². The third-order valence-corrected chi connectivity index (χ3v) is 2.70. The van der Waals surface area contributed by atoms with Crippen LogP contribution in [0.2, 0.25) is 0 Å². The van der Waals surface area contributed by atoms with Gasteiger partial charge in [-0.05, 0) is 13.8 Å². The second-order valence-corrected chi connectivity index (χ2v) is 3.99. The van der Waals surface area contributed by atoms with Gasteiger partial charge in [-0.2, -0.15) is 0 Å². The molecule has 2 atom stereocenters. The average Bonchev–Trinajstić information content (AvgIpc) is 2.25. The van der Waals surface area contributed by atoms with Crippen molar-refractivity contribution in [3.63, 3.8) is 0 Å².